The van der Waals surface area contributed by atoms with Crippen LogP contribution in [-0.4, -0.2) is 34.1 Å². The molecule has 0 saturated heterocycles. The zero-order valence-electron chi connectivity index (χ0n) is 10.8. The zero-order chi connectivity index (χ0) is 15.8. The lowest BCUT2D eigenvalue weighted by Crippen LogP contribution is -2.02. The van der Waals surface area contributed by atoms with E-state index in [1.54, 1.807) is 12.1 Å². The van der Waals surface area contributed by atoms with Gasteiger partial charge >= 0.3 is 11.9 Å². The van der Waals surface area contributed by atoms with E-state index < -0.39 is 11.9 Å². The first kappa shape index (κ1) is 16.9. The van der Waals surface area contributed by atoms with Crippen LogP contribution in [0.3, 0.4) is 0 Å². The fourth-order valence-corrected chi connectivity index (χ4v) is 1.59. The Labute approximate surface area is 130 Å². The third kappa shape index (κ3) is 5.02. The first-order valence-electron chi connectivity index (χ1n) is 5.50. The topological polar surface area (TPSA) is 89.4 Å². The molecule has 0 atom stereocenters. The van der Waals surface area contributed by atoms with Gasteiger partial charge in [-0.3, -0.25) is 0 Å². The number of hydrogen-bond donors (Lipinski definition) is 1. The van der Waals surface area contributed by atoms with Crippen molar-refractivity contribution < 1.29 is 19.4 Å². The van der Waals surface area contributed by atoms with Gasteiger partial charge in [0.2, 0.25) is 0 Å². The molecule has 0 fully saturated rings. The smallest absolute Gasteiger partial charge is 0.341 e. The minimum absolute atomic E-state index is 0.0231. The molecule has 2 rings (SSSR count). The number of esters is 1. The van der Waals surface area contributed by atoms with Crippen molar-refractivity contribution in [2.45, 2.75) is 0 Å². The fraction of sp³-hybridized carbons (Fsp3) is 0.0769. The highest BCUT2D eigenvalue weighted by atomic mass is 35.5. The number of aromatic carboxylic acids is 1. The maximum absolute atomic E-state index is 10.9. The van der Waals surface area contributed by atoms with E-state index in [9.17, 15) is 9.59 Å². The van der Waals surface area contributed by atoms with Gasteiger partial charge in [0, 0.05) is 12.4 Å². The van der Waals surface area contributed by atoms with Crippen LogP contribution in [0.5, 0.6) is 0 Å². The monoisotopic (exact) mass is 328 g/mol. The van der Waals surface area contributed by atoms with Gasteiger partial charge in [-0.15, -0.1) is 0 Å². The number of aromatic nitrogens is 2. The van der Waals surface area contributed by atoms with Crippen molar-refractivity contribution in [3.05, 3.63) is 58.1 Å². The molecule has 0 aliphatic heterocycles. The molecule has 110 valence electrons. The van der Waals surface area contributed by atoms with Crippen LogP contribution in [0.1, 0.15) is 20.7 Å². The number of halogens is 2. The average Bonchev–Trinajstić information content (AvgIpc) is 2.48. The largest absolute Gasteiger partial charge is 0.478 e. The SMILES string of the molecule is COC(=O)c1cccnc1Cl.O=C(O)c1cccnc1Cl. The van der Waals surface area contributed by atoms with E-state index in [4.69, 9.17) is 28.3 Å². The highest BCUT2D eigenvalue weighted by molar-refractivity contribution is 6.32. The van der Waals surface area contributed by atoms with Gasteiger partial charge in [0.1, 0.15) is 10.3 Å². The third-order valence-electron chi connectivity index (χ3n) is 2.15. The predicted octanol–water partition coefficient (Wildman–Crippen LogP) is 2.95. The van der Waals surface area contributed by atoms with Gasteiger partial charge in [-0.1, -0.05) is 23.2 Å². The first-order valence-corrected chi connectivity index (χ1v) is 6.25. The molecule has 0 amide bonds. The lowest BCUT2D eigenvalue weighted by atomic mass is 10.3. The lowest BCUT2D eigenvalue weighted by molar-refractivity contribution is 0.0599. The summed E-state index contributed by atoms with van der Waals surface area (Å²) in [5, 5.41) is 8.63. The van der Waals surface area contributed by atoms with Crippen LogP contribution in [0.25, 0.3) is 0 Å². The van der Waals surface area contributed by atoms with Crippen molar-refractivity contribution in [2.75, 3.05) is 7.11 Å². The van der Waals surface area contributed by atoms with E-state index in [1.807, 2.05) is 0 Å². The molecule has 6 nitrogen and oxygen atoms in total. The number of ether oxygens (including phenoxy) is 1. The van der Waals surface area contributed by atoms with Gasteiger partial charge in [-0.25, -0.2) is 19.6 Å². The number of hydrogen-bond acceptors (Lipinski definition) is 5. The maximum atomic E-state index is 10.9. The summed E-state index contributed by atoms with van der Waals surface area (Å²) in [5.41, 5.74) is 0.320. The molecule has 0 aliphatic carbocycles. The van der Waals surface area contributed by atoms with Crippen LogP contribution in [0.2, 0.25) is 10.3 Å². The van der Waals surface area contributed by atoms with Crippen molar-refractivity contribution in [2.24, 2.45) is 0 Å². The molecule has 0 aliphatic rings. The lowest BCUT2D eigenvalue weighted by Gasteiger charge is -1.98. The summed E-state index contributed by atoms with van der Waals surface area (Å²) in [5.74, 6) is -1.53. The minimum atomic E-state index is -1.06. The summed E-state index contributed by atoms with van der Waals surface area (Å²) >= 11 is 11.0. The number of carbonyl (C=O) groups excluding carboxylic acids is 1. The normalized spacial score (nSPS) is 9.29. The van der Waals surface area contributed by atoms with E-state index in [1.165, 1.54) is 31.6 Å². The molecule has 2 aromatic rings. The average molecular weight is 329 g/mol. The molecule has 2 aromatic heterocycles. The molecular weight excluding hydrogens is 319 g/mol. The van der Waals surface area contributed by atoms with Crippen LogP contribution >= 0.6 is 23.2 Å². The number of carboxylic acids is 1. The molecule has 1 N–H and O–H groups in total. The second-order valence-corrected chi connectivity index (χ2v) is 4.20. The molecule has 2 heterocycles. The van der Waals surface area contributed by atoms with Gasteiger partial charge in [0.05, 0.1) is 18.2 Å². The number of carboxylic acid groups (broad SMARTS) is 1. The van der Waals surface area contributed by atoms with Crippen LogP contribution < -0.4 is 0 Å². The van der Waals surface area contributed by atoms with Crippen molar-refractivity contribution in [1.29, 1.82) is 0 Å². The van der Waals surface area contributed by atoms with Gasteiger partial charge in [-0.2, -0.15) is 0 Å². The molecule has 21 heavy (non-hydrogen) atoms. The Hall–Kier alpha value is -2.18. The van der Waals surface area contributed by atoms with E-state index in [0.717, 1.165) is 0 Å². The van der Waals surface area contributed by atoms with E-state index in [2.05, 4.69) is 14.7 Å². The number of rotatable bonds is 2. The quantitative estimate of drug-likeness (QED) is 0.673. The summed E-state index contributed by atoms with van der Waals surface area (Å²) in [6.07, 6.45) is 2.95. The highest BCUT2D eigenvalue weighted by Crippen LogP contribution is 2.12. The van der Waals surface area contributed by atoms with Crippen LogP contribution in [0.15, 0.2) is 36.7 Å². The predicted molar refractivity (Wildman–Crippen MR) is 76.8 cm³/mol. The number of methoxy groups -OCH3 is 1. The summed E-state index contributed by atoms with van der Waals surface area (Å²) < 4.78 is 4.45. The van der Waals surface area contributed by atoms with E-state index >= 15 is 0 Å². The molecular formula is C13H10Cl2N2O4. The Kier molecular flexibility index (Phi) is 6.58. The van der Waals surface area contributed by atoms with E-state index in [0.29, 0.717) is 0 Å². The number of carbonyl (C=O) groups is 2. The van der Waals surface area contributed by atoms with Gasteiger partial charge in [0.15, 0.2) is 0 Å². The van der Waals surface area contributed by atoms with Gasteiger partial charge in [0.25, 0.3) is 0 Å². The van der Waals surface area contributed by atoms with Gasteiger partial charge in [-0.05, 0) is 24.3 Å². The Morgan fingerprint density at radius 2 is 1.52 bits per heavy atom. The second-order valence-electron chi connectivity index (χ2n) is 3.48. The third-order valence-corrected chi connectivity index (χ3v) is 2.76. The summed E-state index contributed by atoms with van der Waals surface area (Å²) in [4.78, 5) is 28.5. The minimum Gasteiger partial charge on any atom is -0.478 e. The molecule has 0 unspecified atom stereocenters. The van der Waals surface area contributed by atoms with Crippen molar-refractivity contribution >= 4 is 35.1 Å². The second kappa shape index (κ2) is 8.18. The fourth-order valence-electron chi connectivity index (χ4n) is 1.19. The van der Waals surface area contributed by atoms with Crippen molar-refractivity contribution in [1.82, 2.24) is 9.97 Å². The Morgan fingerprint density at radius 1 is 1.05 bits per heavy atom. The molecule has 0 saturated carbocycles. The summed E-state index contributed by atoms with van der Waals surface area (Å²) in [6.45, 7) is 0. The molecule has 0 aromatic carbocycles. The Balaban J connectivity index is 0.000000211. The summed E-state index contributed by atoms with van der Waals surface area (Å²) in [6, 6.07) is 6.10. The molecule has 8 heteroatoms. The molecule has 0 radical (unpaired) electrons. The molecule has 0 spiro atoms. The van der Waals surface area contributed by atoms with Crippen molar-refractivity contribution in [3.8, 4) is 0 Å². The Morgan fingerprint density at radius 3 is 1.86 bits per heavy atom. The maximum Gasteiger partial charge on any atom is 0.341 e. The van der Waals surface area contributed by atoms with Crippen LogP contribution in [0, 0.1) is 0 Å². The van der Waals surface area contributed by atoms with Gasteiger partial charge < -0.3 is 9.84 Å². The highest BCUT2D eigenvalue weighted by Gasteiger charge is 2.09. The Bertz CT molecular complexity index is 650. The van der Waals surface area contributed by atoms with E-state index in [-0.39, 0.29) is 21.4 Å². The van der Waals surface area contributed by atoms with Crippen LogP contribution in [0.4, 0.5) is 0 Å². The standard InChI is InChI=1S/C7H6ClNO2.C6H4ClNO2/c1-11-7(10)5-3-2-4-9-6(5)8;7-5-4(6(9)10)2-1-3-8-5/h2-4H,1H3;1-3H,(H,9,10). The first-order chi connectivity index (χ1) is 9.97. The zero-order valence-corrected chi connectivity index (χ0v) is 12.3. The molecule has 0 bridgehead atoms. The van der Waals surface area contributed by atoms with Crippen molar-refractivity contribution in [3.63, 3.8) is 0 Å². The number of nitrogens with zero attached hydrogens (tertiary/aromatic N) is 2. The summed E-state index contributed by atoms with van der Waals surface area (Å²) in [7, 11) is 1.30. The van der Waals surface area contributed by atoms with Crippen LogP contribution in [-0.2, 0) is 4.74 Å². The number of pyridine rings is 2.